The second-order valence-corrected chi connectivity index (χ2v) is 4.78. The van der Waals surface area contributed by atoms with Crippen molar-refractivity contribution >= 4 is 17.5 Å². The summed E-state index contributed by atoms with van der Waals surface area (Å²) in [4.78, 5) is 37.7. The molecule has 1 aliphatic heterocycles. The van der Waals surface area contributed by atoms with Crippen molar-refractivity contribution in [3.05, 3.63) is 28.7 Å². The number of piperazine rings is 1. The smallest absolute Gasteiger partial charge is 0.254 e. The number of nitrogens with zero attached hydrogens (tertiary/aromatic N) is 3. The van der Waals surface area contributed by atoms with Crippen molar-refractivity contribution in [2.24, 2.45) is 5.18 Å². The van der Waals surface area contributed by atoms with Crippen molar-refractivity contribution in [1.82, 2.24) is 9.80 Å². The van der Waals surface area contributed by atoms with Crippen LogP contribution < -0.4 is 4.74 Å². The zero-order chi connectivity index (χ0) is 15.4. The Balaban J connectivity index is 2.10. The fourth-order valence-corrected chi connectivity index (χ4v) is 2.29. The van der Waals surface area contributed by atoms with E-state index in [-0.39, 0.29) is 23.3 Å². The highest BCUT2D eigenvalue weighted by Crippen LogP contribution is 2.28. The van der Waals surface area contributed by atoms with E-state index >= 15 is 0 Å². The van der Waals surface area contributed by atoms with Gasteiger partial charge in [-0.25, -0.2) is 0 Å². The maximum atomic E-state index is 12.4. The number of ether oxygens (including phenoxy) is 1. The van der Waals surface area contributed by atoms with Gasteiger partial charge in [-0.2, -0.15) is 0 Å². The summed E-state index contributed by atoms with van der Waals surface area (Å²) in [6.45, 7) is 3.58. The lowest BCUT2D eigenvalue weighted by molar-refractivity contribution is -0.130. The molecule has 0 spiro atoms. The number of carbonyl (C=O) groups excluding carboxylic acids is 2. The van der Waals surface area contributed by atoms with Crippen molar-refractivity contribution in [3.8, 4) is 5.75 Å². The van der Waals surface area contributed by atoms with Crippen LogP contribution >= 0.6 is 0 Å². The molecule has 7 heteroatoms. The Morgan fingerprint density at radius 3 is 2.29 bits per heavy atom. The van der Waals surface area contributed by atoms with Gasteiger partial charge in [-0.05, 0) is 23.4 Å². The number of rotatable bonds is 3. The van der Waals surface area contributed by atoms with Crippen LogP contribution in [0.3, 0.4) is 0 Å². The predicted octanol–water partition coefficient (Wildman–Crippen LogP) is 1.40. The number of hydrogen-bond donors (Lipinski definition) is 0. The van der Waals surface area contributed by atoms with Gasteiger partial charge in [0.1, 0.15) is 11.4 Å². The van der Waals surface area contributed by atoms with E-state index in [1.165, 1.54) is 26.2 Å². The molecule has 1 aliphatic rings. The number of methoxy groups -OCH3 is 1. The second-order valence-electron chi connectivity index (χ2n) is 4.78. The third kappa shape index (κ3) is 3.18. The van der Waals surface area contributed by atoms with E-state index in [2.05, 4.69) is 5.18 Å². The van der Waals surface area contributed by atoms with E-state index in [0.717, 1.165) is 0 Å². The maximum absolute atomic E-state index is 12.4. The largest absolute Gasteiger partial charge is 0.494 e. The highest BCUT2D eigenvalue weighted by molar-refractivity contribution is 5.95. The van der Waals surface area contributed by atoms with Crippen molar-refractivity contribution in [2.45, 2.75) is 6.92 Å². The van der Waals surface area contributed by atoms with Gasteiger partial charge in [-0.15, -0.1) is 4.91 Å². The average Bonchev–Trinajstić information content (AvgIpc) is 2.53. The summed E-state index contributed by atoms with van der Waals surface area (Å²) in [7, 11) is 1.42. The fourth-order valence-electron chi connectivity index (χ4n) is 2.29. The second kappa shape index (κ2) is 6.34. The van der Waals surface area contributed by atoms with Crippen molar-refractivity contribution < 1.29 is 14.3 Å². The summed E-state index contributed by atoms with van der Waals surface area (Å²) in [6, 6.07) is 4.53. The van der Waals surface area contributed by atoms with Crippen molar-refractivity contribution in [3.63, 3.8) is 0 Å². The van der Waals surface area contributed by atoms with Gasteiger partial charge in [-0.3, -0.25) is 9.59 Å². The molecule has 0 saturated carbocycles. The summed E-state index contributed by atoms with van der Waals surface area (Å²) in [5.74, 6) is 0.150. The molecule has 0 atom stereocenters. The van der Waals surface area contributed by atoms with Gasteiger partial charge < -0.3 is 14.5 Å². The van der Waals surface area contributed by atoms with Gasteiger partial charge in [0, 0.05) is 38.7 Å². The Morgan fingerprint density at radius 1 is 1.14 bits per heavy atom. The minimum Gasteiger partial charge on any atom is -0.494 e. The van der Waals surface area contributed by atoms with Crippen LogP contribution in [0.25, 0.3) is 0 Å². The summed E-state index contributed by atoms with van der Waals surface area (Å²) in [6.07, 6.45) is 0. The molecule has 0 aromatic heterocycles. The van der Waals surface area contributed by atoms with Crippen molar-refractivity contribution in [2.75, 3.05) is 33.3 Å². The summed E-state index contributed by atoms with van der Waals surface area (Å²) in [5.41, 5.74) is 0.603. The highest BCUT2D eigenvalue weighted by Gasteiger charge is 2.23. The van der Waals surface area contributed by atoms with E-state index in [0.29, 0.717) is 31.7 Å². The van der Waals surface area contributed by atoms with E-state index in [1.54, 1.807) is 15.9 Å². The third-order valence-electron chi connectivity index (χ3n) is 3.54. The first-order chi connectivity index (χ1) is 10.1. The fraction of sp³-hybridized carbons (Fsp3) is 0.429. The van der Waals surface area contributed by atoms with Gasteiger partial charge >= 0.3 is 0 Å². The molecule has 7 nitrogen and oxygen atoms in total. The molecule has 1 aromatic carbocycles. The average molecular weight is 291 g/mol. The lowest BCUT2D eigenvalue weighted by Gasteiger charge is -2.34. The van der Waals surface area contributed by atoms with Crippen LogP contribution in [-0.2, 0) is 4.79 Å². The van der Waals surface area contributed by atoms with Crippen molar-refractivity contribution in [1.29, 1.82) is 0 Å². The van der Waals surface area contributed by atoms with Crippen LogP contribution in [0, 0.1) is 4.91 Å². The minimum atomic E-state index is -0.144. The Morgan fingerprint density at radius 2 is 1.76 bits per heavy atom. The highest BCUT2D eigenvalue weighted by atomic mass is 16.5. The summed E-state index contributed by atoms with van der Waals surface area (Å²) < 4.78 is 5.05. The molecule has 1 saturated heterocycles. The molecule has 0 bridgehead atoms. The Kier molecular flexibility index (Phi) is 4.52. The SMILES string of the molecule is COc1cc(C(=O)N2CCN(C(C)=O)CC2)ccc1N=O. The van der Waals surface area contributed by atoms with Gasteiger partial charge in [0.25, 0.3) is 5.91 Å². The Hall–Kier alpha value is -2.44. The molecule has 1 fully saturated rings. The van der Waals surface area contributed by atoms with Crippen LogP contribution in [-0.4, -0.2) is 54.9 Å². The number of carbonyl (C=O) groups is 2. The van der Waals surface area contributed by atoms with Crippen LogP contribution in [0.4, 0.5) is 5.69 Å². The van der Waals surface area contributed by atoms with E-state index in [1.807, 2.05) is 0 Å². The number of amides is 2. The predicted molar refractivity (Wildman–Crippen MR) is 76.6 cm³/mol. The number of benzene rings is 1. The van der Waals surface area contributed by atoms with Gasteiger partial charge in [0.05, 0.1) is 7.11 Å². The van der Waals surface area contributed by atoms with Crippen LogP contribution in [0.5, 0.6) is 5.75 Å². The van der Waals surface area contributed by atoms with Crippen LogP contribution in [0.15, 0.2) is 23.4 Å². The standard InChI is InChI=1S/C14H17N3O4/c1-10(18)16-5-7-17(8-6-16)14(19)11-3-4-12(15-20)13(9-11)21-2/h3-4,9H,5-8H2,1-2H3. The normalized spacial score (nSPS) is 14.8. The molecule has 2 rings (SSSR count). The molecular weight excluding hydrogens is 274 g/mol. The topological polar surface area (TPSA) is 79.3 Å². The molecule has 112 valence electrons. The number of nitroso groups, excluding NO2 is 1. The summed E-state index contributed by atoms with van der Waals surface area (Å²) >= 11 is 0. The zero-order valence-corrected chi connectivity index (χ0v) is 12.0. The molecule has 1 heterocycles. The minimum absolute atomic E-state index is 0.0187. The van der Waals surface area contributed by atoms with Gasteiger partial charge in [-0.1, -0.05) is 0 Å². The van der Waals surface area contributed by atoms with Crippen LogP contribution in [0.2, 0.25) is 0 Å². The Labute approximate surface area is 122 Å². The molecule has 2 amide bonds. The zero-order valence-electron chi connectivity index (χ0n) is 12.0. The molecule has 21 heavy (non-hydrogen) atoms. The van der Waals surface area contributed by atoms with Gasteiger partial charge in [0.2, 0.25) is 5.91 Å². The van der Waals surface area contributed by atoms with E-state index in [9.17, 15) is 14.5 Å². The van der Waals surface area contributed by atoms with E-state index < -0.39 is 0 Å². The molecule has 0 aliphatic carbocycles. The first-order valence-corrected chi connectivity index (χ1v) is 6.63. The molecule has 1 aromatic rings. The molecule has 0 radical (unpaired) electrons. The lowest BCUT2D eigenvalue weighted by atomic mass is 10.1. The molecule has 0 N–H and O–H groups in total. The molecule has 0 unspecified atom stereocenters. The van der Waals surface area contributed by atoms with Gasteiger partial charge in [0.15, 0.2) is 0 Å². The Bertz CT molecular complexity index is 565. The quantitative estimate of drug-likeness (QED) is 0.788. The van der Waals surface area contributed by atoms with Crippen LogP contribution in [0.1, 0.15) is 17.3 Å². The number of hydrogen-bond acceptors (Lipinski definition) is 5. The first kappa shape index (κ1) is 15.0. The molecular formula is C14H17N3O4. The maximum Gasteiger partial charge on any atom is 0.254 e. The monoisotopic (exact) mass is 291 g/mol. The summed E-state index contributed by atoms with van der Waals surface area (Å²) in [5, 5.41) is 2.84. The lowest BCUT2D eigenvalue weighted by Crippen LogP contribution is -2.50. The van der Waals surface area contributed by atoms with E-state index in [4.69, 9.17) is 4.74 Å². The third-order valence-corrected chi connectivity index (χ3v) is 3.54. The first-order valence-electron chi connectivity index (χ1n) is 6.63.